The zero-order valence-corrected chi connectivity index (χ0v) is 13.2. The van der Waals surface area contributed by atoms with Gasteiger partial charge >= 0.3 is 0 Å². The molecule has 116 valence electrons. The van der Waals surface area contributed by atoms with Crippen LogP contribution in [0.15, 0.2) is 36.3 Å². The highest BCUT2D eigenvalue weighted by Crippen LogP contribution is 2.15. The molecule has 6 nitrogen and oxygen atoms in total. The molecule has 22 heavy (non-hydrogen) atoms. The van der Waals surface area contributed by atoms with Gasteiger partial charge < -0.3 is 5.32 Å². The van der Waals surface area contributed by atoms with Gasteiger partial charge in [-0.2, -0.15) is 5.10 Å². The van der Waals surface area contributed by atoms with Crippen molar-refractivity contribution in [2.24, 2.45) is 0 Å². The number of rotatable bonds is 5. The van der Waals surface area contributed by atoms with Crippen molar-refractivity contribution in [3.8, 4) is 0 Å². The minimum atomic E-state index is 0.673. The largest absolute Gasteiger partial charge is 0.363 e. The maximum atomic E-state index is 4.66. The summed E-state index contributed by atoms with van der Waals surface area (Å²) >= 11 is 0. The van der Waals surface area contributed by atoms with Gasteiger partial charge in [-0.25, -0.2) is 4.98 Å². The van der Waals surface area contributed by atoms with Crippen molar-refractivity contribution in [1.29, 1.82) is 0 Å². The van der Waals surface area contributed by atoms with E-state index in [1.807, 2.05) is 0 Å². The molecule has 0 fully saturated rings. The summed E-state index contributed by atoms with van der Waals surface area (Å²) in [6, 6.07) is 2.18. The van der Waals surface area contributed by atoms with Gasteiger partial charge in [0.15, 0.2) is 0 Å². The summed E-state index contributed by atoms with van der Waals surface area (Å²) in [7, 11) is 0. The molecule has 0 atom stereocenters. The molecule has 3 rings (SSSR count). The van der Waals surface area contributed by atoms with Crippen LogP contribution in [-0.4, -0.2) is 37.7 Å². The summed E-state index contributed by atoms with van der Waals surface area (Å²) in [6.07, 6.45) is 7.25. The fraction of sp³-hybridized carbons (Fsp3) is 0.438. The van der Waals surface area contributed by atoms with E-state index in [0.29, 0.717) is 6.54 Å². The molecule has 3 heterocycles. The number of hydrogen-bond acceptors (Lipinski definition) is 5. The van der Waals surface area contributed by atoms with Crippen molar-refractivity contribution < 1.29 is 0 Å². The summed E-state index contributed by atoms with van der Waals surface area (Å²) in [5.41, 5.74) is 3.74. The number of hydrogen-bond donors (Lipinski definition) is 1. The molecule has 1 N–H and O–H groups in total. The number of nitrogens with zero attached hydrogens (tertiary/aromatic N) is 5. The Bertz CT molecular complexity index is 646. The van der Waals surface area contributed by atoms with Crippen molar-refractivity contribution in [1.82, 2.24) is 24.6 Å². The van der Waals surface area contributed by atoms with Crippen LogP contribution >= 0.6 is 0 Å². The van der Waals surface area contributed by atoms with Gasteiger partial charge in [-0.15, -0.1) is 0 Å². The fourth-order valence-electron chi connectivity index (χ4n) is 2.62. The lowest BCUT2D eigenvalue weighted by molar-refractivity contribution is 0.230. The average molecular weight is 298 g/mol. The van der Waals surface area contributed by atoms with E-state index in [4.69, 9.17) is 0 Å². The molecule has 1 aliphatic heterocycles. The van der Waals surface area contributed by atoms with Gasteiger partial charge in [0, 0.05) is 32.0 Å². The Morgan fingerprint density at radius 1 is 1.36 bits per heavy atom. The lowest BCUT2D eigenvalue weighted by atomic mass is 10.2. The summed E-state index contributed by atoms with van der Waals surface area (Å²) in [5, 5.41) is 7.91. The number of anilines is 1. The topological polar surface area (TPSA) is 58.9 Å². The molecule has 0 unspecified atom stereocenters. The number of aromatic nitrogens is 4. The zero-order valence-electron chi connectivity index (χ0n) is 13.2. The Kier molecular flexibility index (Phi) is 4.48. The SMILES string of the molecule is CC=C(C)CN1CCn2nc(CNc3cnccn3)cc2C1. The van der Waals surface area contributed by atoms with Gasteiger partial charge in [0.25, 0.3) is 0 Å². The first-order valence-corrected chi connectivity index (χ1v) is 7.64. The summed E-state index contributed by atoms with van der Waals surface area (Å²) in [4.78, 5) is 10.7. The van der Waals surface area contributed by atoms with Crippen LogP contribution in [-0.2, 0) is 19.6 Å². The first-order chi connectivity index (χ1) is 10.7. The Morgan fingerprint density at radius 2 is 2.27 bits per heavy atom. The summed E-state index contributed by atoms with van der Waals surface area (Å²) in [6.45, 7) is 8.96. The first-order valence-electron chi connectivity index (χ1n) is 7.64. The van der Waals surface area contributed by atoms with Crippen molar-refractivity contribution >= 4 is 5.82 Å². The predicted molar refractivity (Wildman–Crippen MR) is 86.3 cm³/mol. The molecule has 2 aromatic heterocycles. The van der Waals surface area contributed by atoms with Crippen LogP contribution in [0, 0.1) is 0 Å². The van der Waals surface area contributed by atoms with E-state index in [-0.39, 0.29) is 0 Å². The minimum Gasteiger partial charge on any atom is -0.363 e. The molecule has 0 amide bonds. The second kappa shape index (κ2) is 6.70. The first kappa shape index (κ1) is 14.7. The van der Waals surface area contributed by atoms with Crippen molar-refractivity contribution in [3.05, 3.63) is 47.7 Å². The van der Waals surface area contributed by atoms with Gasteiger partial charge in [-0.1, -0.05) is 11.6 Å². The van der Waals surface area contributed by atoms with Gasteiger partial charge in [0.1, 0.15) is 5.82 Å². The lowest BCUT2D eigenvalue weighted by Gasteiger charge is -2.27. The Morgan fingerprint density at radius 3 is 3.05 bits per heavy atom. The van der Waals surface area contributed by atoms with E-state index in [1.54, 1.807) is 18.6 Å². The Labute approximate surface area is 130 Å². The quantitative estimate of drug-likeness (QED) is 0.856. The van der Waals surface area contributed by atoms with E-state index >= 15 is 0 Å². The van der Waals surface area contributed by atoms with E-state index in [2.05, 4.69) is 56.0 Å². The number of nitrogens with one attached hydrogen (secondary N) is 1. The third-order valence-electron chi connectivity index (χ3n) is 3.91. The second-order valence-corrected chi connectivity index (χ2v) is 5.64. The van der Waals surface area contributed by atoms with Gasteiger partial charge in [0.2, 0.25) is 0 Å². The molecule has 0 aliphatic carbocycles. The molecule has 0 radical (unpaired) electrons. The molecule has 0 saturated carbocycles. The van der Waals surface area contributed by atoms with E-state index in [0.717, 1.165) is 37.7 Å². The average Bonchev–Trinajstić information content (AvgIpc) is 2.96. The number of fused-ring (bicyclic) bond motifs is 1. The van der Waals surface area contributed by atoms with E-state index < -0.39 is 0 Å². The molecule has 0 saturated heterocycles. The summed E-state index contributed by atoms with van der Waals surface area (Å²) in [5.74, 6) is 0.777. The Balaban J connectivity index is 1.61. The van der Waals surface area contributed by atoms with Crippen molar-refractivity contribution in [2.45, 2.75) is 33.5 Å². The zero-order chi connectivity index (χ0) is 15.4. The summed E-state index contributed by atoms with van der Waals surface area (Å²) < 4.78 is 2.12. The normalized spacial score (nSPS) is 15.6. The van der Waals surface area contributed by atoms with Gasteiger partial charge in [0.05, 0.1) is 30.7 Å². The van der Waals surface area contributed by atoms with Crippen LogP contribution < -0.4 is 5.32 Å². The van der Waals surface area contributed by atoms with Gasteiger partial charge in [-0.3, -0.25) is 14.6 Å². The molecule has 0 spiro atoms. The fourth-order valence-corrected chi connectivity index (χ4v) is 2.62. The van der Waals surface area contributed by atoms with Crippen LogP contribution in [0.3, 0.4) is 0 Å². The van der Waals surface area contributed by atoms with Crippen LogP contribution in [0.2, 0.25) is 0 Å². The standard InChI is InChI=1S/C16H22N6/c1-3-13(2)11-21-6-7-22-15(12-21)8-14(20-22)9-19-16-10-17-4-5-18-16/h3-5,8,10H,6-7,9,11-12H2,1-2H3,(H,18,19). The molecule has 0 aromatic carbocycles. The highest BCUT2D eigenvalue weighted by Gasteiger charge is 2.18. The van der Waals surface area contributed by atoms with Gasteiger partial charge in [-0.05, 0) is 19.9 Å². The third kappa shape index (κ3) is 3.51. The maximum absolute atomic E-state index is 4.66. The van der Waals surface area contributed by atoms with Crippen molar-refractivity contribution in [3.63, 3.8) is 0 Å². The van der Waals surface area contributed by atoms with Crippen LogP contribution in [0.1, 0.15) is 25.2 Å². The minimum absolute atomic E-state index is 0.673. The van der Waals surface area contributed by atoms with Crippen LogP contribution in [0.25, 0.3) is 0 Å². The molecular weight excluding hydrogens is 276 g/mol. The van der Waals surface area contributed by atoms with Crippen molar-refractivity contribution in [2.75, 3.05) is 18.4 Å². The highest BCUT2D eigenvalue weighted by molar-refractivity contribution is 5.31. The Hall–Kier alpha value is -2.21. The monoisotopic (exact) mass is 298 g/mol. The lowest BCUT2D eigenvalue weighted by Crippen LogP contribution is -2.34. The van der Waals surface area contributed by atoms with Crippen LogP contribution in [0.4, 0.5) is 5.82 Å². The molecular formula is C16H22N6. The highest BCUT2D eigenvalue weighted by atomic mass is 15.3. The number of allylic oxidation sites excluding steroid dienone is 1. The molecule has 2 aromatic rings. The van der Waals surface area contributed by atoms with E-state index in [9.17, 15) is 0 Å². The second-order valence-electron chi connectivity index (χ2n) is 5.64. The smallest absolute Gasteiger partial charge is 0.144 e. The van der Waals surface area contributed by atoms with E-state index in [1.165, 1.54) is 11.3 Å². The molecule has 6 heteroatoms. The maximum Gasteiger partial charge on any atom is 0.144 e. The third-order valence-corrected chi connectivity index (χ3v) is 3.91. The molecule has 0 bridgehead atoms. The predicted octanol–water partition coefficient (Wildman–Crippen LogP) is 2.07. The van der Waals surface area contributed by atoms with Crippen LogP contribution in [0.5, 0.6) is 0 Å². The molecule has 1 aliphatic rings.